The van der Waals surface area contributed by atoms with Crippen LogP contribution >= 0.6 is 11.6 Å². The molecule has 3 rings (SSSR count). The van der Waals surface area contributed by atoms with Gasteiger partial charge in [0.15, 0.2) is 0 Å². The number of carbonyl (C=O) groups is 1. The van der Waals surface area contributed by atoms with Gasteiger partial charge >= 0.3 is 5.97 Å². The zero-order chi connectivity index (χ0) is 15.3. The minimum Gasteiger partial charge on any atom is -0.506 e. The number of allylic oxidation sites excluding steroid dienone is 2. The summed E-state index contributed by atoms with van der Waals surface area (Å²) in [6, 6.07) is 0.146. The van der Waals surface area contributed by atoms with Crippen LogP contribution in [0.4, 0.5) is 11.4 Å². The van der Waals surface area contributed by atoms with Crippen LogP contribution in [0.1, 0.15) is 17.9 Å². The number of aliphatic carboxylic acids is 1. The molecule has 1 aromatic rings. The first-order chi connectivity index (χ1) is 9.91. The van der Waals surface area contributed by atoms with Crippen molar-refractivity contribution in [2.75, 3.05) is 5.32 Å². The fraction of sp³-hybridized carbons (Fsp3) is 0.308. The number of benzene rings is 1. The fourth-order valence-electron chi connectivity index (χ4n) is 3.14. The number of nitro groups is 1. The first kappa shape index (κ1) is 13.7. The summed E-state index contributed by atoms with van der Waals surface area (Å²) >= 11 is 5.88. The van der Waals surface area contributed by atoms with Crippen LogP contribution in [0.2, 0.25) is 5.02 Å². The summed E-state index contributed by atoms with van der Waals surface area (Å²) in [5.41, 5.74) is 0.0369. The first-order valence-corrected chi connectivity index (χ1v) is 6.65. The molecule has 3 N–H and O–H groups in total. The number of phenols is 1. The van der Waals surface area contributed by atoms with E-state index in [1.54, 1.807) is 12.2 Å². The van der Waals surface area contributed by atoms with Gasteiger partial charge in [-0.1, -0.05) is 23.8 Å². The van der Waals surface area contributed by atoms with Crippen LogP contribution in [0.3, 0.4) is 0 Å². The lowest BCUT2D eigenvalue weighted by atomic mass is 9.78. The van der Waals surface area contributed by atoms with Crippen LogP contribution in [0.5, 0.6) is 5.75 Å². The average molecular weight is 311 g/mol. The van der Waals surface area contributed by atoms with E-state index in [2.05, 4.69) is 5.32 Å². The maximum absolute atomic E-state index is 11.4. The molecule has 8 heteroatoms. The molecule has 3 atom stereocenters. The van der Waals surface area contributed by atoms with Gasteiger partial charge in [0.25, 0.3) is 5.69 Å². The zero-order valence-electron chi connectivity index (χ0n) is 10.6. The Hall–Kier alpha value is -2.28. The van der Waals surface area contributed by atoms with Gasteiger partial charge in [0.1, 0.15) is 16.8 Å². The van der Waals surface area contributed by atoms with Crippen molar-refractivity contribution in [3.8, 4) is 5.75 Å². The topological polar surface area (TPSA) is 113 Å². The summed E-state index contributed by atoms with van der Waals surface area (Å²) in [5.74, 6) is -2.14. The summed E-state index contributed by atoms with van der Waals surface area (Å²) in [6.45, 7) is 0. The molecule has 1 heterocycles. The van der Waals surface area contributed by atoms with Gasteiger partial charge in [-0.3, -0.25) is 10.1 Å². The largest absolute Gasteiger partial charge is 0.506 e. The van der Waals surface area contributed by atoms with Crippen molar-refractivity contribution in [3.63, 3.8) is 0 Å². The quantitative estimate of drug-likeness (QED) is 0.335. The lowest BCUT2D eigenvalue weighted by Gasteiger charge is -2.34. The molecular formula is C13H11ClN2O5. The summed E-state index contributed by atoms with van der Waals surface area (Å²) in [4.78, 5) is 22.0. The van der Waals surface area contributed by atoms with Crippen molar-refractivity contribution in [3.05, 3.63) is 38.9 Å². The van der Waals surface area contributed by atoms with Crippen molar-refractivity contribution in [1.29, 1.82) is 0 Å². The Morgan fingerprint density at radius 1 is 1.52 bits per heavy atom. The van der Waals surface area contributed by atoms with Gasteiger partial charge in [0.05, 0.1) is 16.2 Å². The summed E-state index contributed by atoms with van der Waals surface area (Å²) in [5, 5.41) is 33.1. The van der Waals surface area contributed by atoms with Gasteiger partial charge in [0.2, 0.25) is 0 Å². The molecule has 21 heavy (non-hydrogen) atoms. The molecule has 2 aliphatic rings. The zero-order valence-corrected chi connectivity index (χ0v) is 11.4. The molecule has 0 spiro atoms. The van der Waals surface area contributed by atoms with Crippen molar-refractivity contribution < 1.29 is 19.9 Å². The molecule has 7 nitrogen and oxygen atoms in total. The molecule has 0 fully saturated rings. The molecule has 1 aromatic carbocycles. The van der Waals surface area contributed by atoms with Gasteiger partial charge < -0.3 is 15.5 Å². The highest BCUT2D eigenvalue weighted by Gasteiger charge is 2.45. The Bertz CT molecular complexity index is 688. The Morgan fingerprint density at radius 2 is 2.24 bits per heavy atom. The lowest BCUT2D eigenvalue weighted by Crippen LogP contribution is -2.42. The maximum Gasteiger partial charge on any atom is 0.326 e. The normalized spacial score (nSPS) is 25.9. The van der Waals surface area contributed by atoms with Gasteiger partial charge in [-0.05, 0) is 6.42 Å². The molecule has 0 radical (unpaired) electrons. The van der Waals surface area contributed by atoms with Crippen LogP contribution < -0.4 is 5.32 Å². The fourth-order valence-corrected chi connectivity index (χ4v) is 3.41. The monoisotopic (exact) mass is 310 g/mol. The Labute approximate surface area is 124 Å². The number of fused-ring (bicyclic) bond motifs is 3. The molecule has 0 saturated carbocycles. The van der Waals surface area contributed by atoms with E-state index in [1.165, 1.54) is 0 Å². The number of hydrogen-bond acceptors (Lipinski definition) is 5. The number of nitrogens with one attached hydrogen (secondary N) is 1. The van der Waals surface area contributed by atoms with Crippen LogP contribution in [0, 0.1) is 16.0 Å². The molecule has 1 aliphatic heterocycles. The van der Waals surface area contributed by atoms with Crippen molar-refractivity contribution >= 4 is 28.9 Å². The third-order valence-corrected chi connectivity index (χ3v) is 4.28. The van der Waals surface area contributed by atoms with Crippen LogP contribution in [0.25, 0.3) is 0 Å². The summed E-state index contributed by atoms with van der Waals surface area (Å²) in [6.07, 6.45) is 4.03. The number of nitro benzene ring substituents is 1. The van der Waals surface area contributed by atoms with Gasteiger partial charge in [-0.25, -0.2) is 4.79 Å². The van der Waals surface area contributed by atoms with Gasteiger partial charge in [-0.2, -0.15) is 0 Å². The molecule has 0 bridgehead atoms. The predicted molar refractivity (Wildman–Crippen MR) is 74.8 cm³/mol. The average Bonchev–Trinajstić information content (AvgIpc) is 2.86. The van der Waals surface area contributed by atoms with Crippen LogP contribution in [-0.4, -0.2) is 27.1 Å². The van der Waals surface area contributed by atoms with E-state index < -0.39 is 22.9 Å². The second kappa shape index (κ2) is 4.63. The van der Waals surface area contributed by atoms with E-state index in [-0.39, 0.29) is 33.6 Å². The molecule has 110 valence electrons. The van der Waals surface area contributed by atoms with E-state index in [9.17, 15) is 25.1 Å². The van der Waals surface area contributed by atoms with Gasteiger partial charge in [-0.15, -0.1) is 0 Å². The molecule has 0 saturated heterocycles. The maximum atomic E-state index is 11.4. The minimum atomic E-state index is -1.06. The van der Waals surface area contributed by atoms with E-state index in [1.807, 2.05) is 0 Å². The number of hydrogen-bond donors (Lipinski definition) is 3. The van der Waals surface area contributed by atoms with Crippen LogP contribution in [0.15, 0.2) is 18.2 Å². The third-order valence-electron chi connectivity index (χ3n) is 3.99. The van der Waals surface area contributed by atoms with E-state index in [4.69, 9.17) is 11.6 Å². The van der Waals surface area contributed by atoms with Gasteiger partial charge in [0, 0.05) is 17.9 Å². The first-order valence-electron chi connectivity index (χ1n) is 6.27. The highest BCUT2D eigenvalue weighted by molar-refractivity contribution is 6.33. The Balaban J connectivity index is 2.27. The molecule has 1 aliphatic carbocycles. The second-order valence-electron chi connectivity index (χ2n) is 5.09. The number of phenolic OH excluding ortho intramolecular Hbond substituents is 1. The van der Waals surface area contributed by atoms with Crippen molar-refractivity contribution in [1.82, 2.24) is 0 Å². The third kappa shape index (κ3) is 1.92. The number of halogens is 1. The number of aromatic hydroxyl groups is 1. The predicted octanol–water partition coefficient (Wildman–Crippen LogP) is 2.49. The summed E-state index contributed by atoms with van der Waals surface area (Å²) < 4.78 is 0. The highest BCUT2D eigenvalue weighted by Crippen LogP contribution is 2.53. The molecule has 0 unspecified atom stereocenters. The Morgan fingerprint density at radius 3 is 2.86 bits per heavy atom. The number of carboxylic acid groups (broad SMARTS) is 1. The standard InChI is InChI=1S/C13H11ClN2O5/c14-7-4-8(17)11-9(12(7)16(20)21)5-2-1-3-6(5)10(15-11)13(18)19/h1-2,4-6,10,15,17H,3H2,(H,18,19)/t5-,6+,10+/m0/s1. The molecule has 0 aromatic heterocycles. The number of rotatable bonds is 2. The SMILES string of the molecule is O=C(O)[C@@H]1Nc2c(O)cc(Cl)c([N+](=O)[O-])c2[C@H]2C=CC[C@H]21. The Kier molecular flexibility index (Phi) is 3.02. The number of anilines is 1. The van der Waals surface area contributed by atoms with E-state index in [0.717, 1.165) is 6.07 Å². The van der Waals surface area contributed by atoms with Crippen LogP contribution in [-0.2, 0) is 4.79 Å². The van der Waals surface area contributed by atoms with E-state index >= 15 is 0 Å². The number of nitrogens with zero attached hydrogens (tertiary/aromatic N) is 1. The molecule has 0 amide bonds. The summed E-state index contributed by atoms with van der Waals surface area (Å²) in [7, 11) is 0. The minimum absolute atomic E-state index is 0.0753. The number of carboxylic acids is 1. The smallest absolute Gasteiger partial charge is 0.326 e. The second-order valence-corrected chi connectivity index (χ2v) is 5.49. The van der Waals surface area contributed by atoms with Crippen molar-refractivity contribution in [2.24, 2.45) is 5.92 Å². The highest BCUT2D eigenvalue weighted by atomic mass is 35.5. The van der Waals surface area contributed by atoms with Crippen molar-refractivity contribution in [2.45, 2.75) is 18.4 Å². The van der Waals surface area contributed by atoms with E-state index in [0.29, 0.717) is 6.42 Å². The lowest BCUT2D eigenvalue weighted by molar-refractivity contribution is -0.385. The molecular weight excluding hydrogens is 300 g/mol.